The predicted octanol–water partition coefficient (Wildman–Crippen LogP) is 3.27. The fourth-order valence-corrected chi connectivity index (χ4v) is 3.64. The molecule has 4 heteroatoms. The van der Waals surface area contributed by atoms with Crippen molar-refractivity contribution >= 4 is 16.7 Å². The zero-order chi connectivity index (χ0) is 14.4. The summed E-state index contributed by atoms with van der Waals surface area (Å²) < 4.78 is 14.1. The van der Waals surface area contributed by atoms with E-state index in [1.807, 2.05) is 12.1 Å². The maximum atomic E-state index is 14.1. The number of carbonyl (C=O) groups excluding carboxylic acids is 1. The summed E-state index contributed by atoms with van der Waals surface area (Å²) >= 11 is 0. The topological polar surface area (TPSA) is 44.9 Å². The van der Waals surface area contributed by atoms with Crippen LogP contribution in [-0.2, 0) is 0 Å². The normalized spacial score (nSPS) is 25.6. The Balaban J connectivity index is 1.73. The van der Waals surface area contributed by atoms with Gasteiger partial charge in [0.05, 0.1) is 5.52 Å². The monoisotopic (exact) mass is 286 g/mol. The number of nitrogens with one attached hydrogen (secondary N) is 2. The fourth-order valence-electron chi connectivity index (χ4n) is 3.64. The lowest BCUT2D eigenvalue weighted by atomic mass is 9.75. The lowest BCUT2D eigenvalue weighted by Gasteiger charge is -2.27. The lowest BCUT2D eigenvalue weighted by molar-refractivity contribution is 0.0793. The molecule has 1 saturated carbocycles. The molecule has 2 heterocycles. The van der Waals surface area contributed by atoms with Gasteiger partial charge in [-0.05, 0) is 43.5 Å². The van der Waals surface area contributed by atoms with Crippen molar-refractivity contribution in [3.8, 4) is 0 Å². The van der Waals surface area contributed by atoms with E-state index >= 15 is 0 Å². The third-order valence-electron chi connectivity index (χ3n) is 4.98. The molecule has 1 aromatic carbocycles. The van der Waals surface area contributed by atoms with Crippen LogP contribution in [0.4, 0.5) is 4.39 Å². The summed E-state index contributed by atoms with van der Waals surface area (Å²) in [6.07, 6.45) is 6.00. The Morgan fingerprint density at radius 1 is 1.38 bits per heavy atom. The highest BCUT2D eigenvalue weighted by atomic mass is 19.1. The molecule has 0 radical (unpaired) electrons. The molecule has 1 aliphatic carbocycles. The first-order valence-electron chi connectivity index (χ1n) is 7.70. The highest BCUT2D eigenvalue weighted by Crippen LogP contribution is 2.45. The number of aromatic nitrogens is 1. The SMILES string of the molecule is O=C(c1cc(F)c2[nH]ccc2c1)C1(CC2CC2)CCNC1. The van der Waals surface area contributed by atoms with Crippen LogP contribution >= 0.6 is 0 Å². The highest BCUT2D eigenvalue weighted by Gasteiger charge is 2.45. The number of benzene rings is 1. The van der Waals surface area contributed by atoms with Gasteiger partial charge < -0.3 is 10.3 Å². The summed E-state index contributed by atoms with van der Waals surface area (Å²) in [6.45, 7) is 1.61. The Morgan fingerprint density at radius 2 is 2.24 bits per heavy atom. The molecule has 0 bridgehead atoms. The second-order valence-electron chi connectivity index (χ2n) is 6.58. The van der Waals surface area contributed by atoms with Gasteiger partial charge in [-0.15, -0.1) is 0 Å². The van der Waals surface area contributed by atoms with Gasteiger partial charge in [-0.2, -0.15) is 0 Å². The van der Waals surface area contributed by atoms with Crippen LogP contribution in [0.15, 0.2) is 24.4 Å². The van der Waals surface area contributed by atoms with Crippen LogP contribution in [0.25, 0.3) is 10.9 Å². The molecule has 1 saturated heterocycles. The Labute approximate surface area is 122 Å². The molecule has 0 spiro atoms. The van der Waals surface area contributed by atoms with E-state index in [1.165, 1.54) is 18.9 Å². The molecule has 4 rings (SSSR count). The third kappa shape index (κ3) is 2.18. The first kappa shape index (κ1) is 13.0. The van der Waals surface area contributed by atoms with Gasteiger partial charge in [0.1, 0.15) is 5.82 Å². The van der Waals surface area contributed by atoms with E-state index in [1.54, 1.807) is 6.20 Å². The van der Waals surface area contributed by atoms with Crippen LogP contribution in [0.5, 0.6) is 0 Å². The van der Waals surface area contributed by atoms with E-state index in [2.05, 4.69) is 10.3 Å². The Hall–Kier alpha value is -1.68. The van der Waals surface area contributed by atoms with Gasteiger partial charge in [0, 0.05) is 29.1 Å². The number of hydrogen-bond acceptors (Lipinski definition) is 2. The van der Waals surface area contributed by atoms with E-state index in [9.17, 15) is 9.18 Å². The predicted molar refractivity (Wildman–Crippen MR) is 79.8 cm³/mol. The van der Waals surface area contributed by atoms with Crippen molar-refractivity contribution in [3.05, 3.63) is 35.8 Å². The van der Waals surface area contributed by atoms with Gasteiger partial charge in [-0.1, -0.05) is 12.8 Å². The van der Waals surface area contributed by atoms with Crippen molar-refractivity contribution in [3.63, 3.8) is 0 Å². The summed E-state index contributed by atoms with van der Waals surface area (Å²) in [7, 11) is 0. The summed E-state index contributed by atoms with van der Waals surface area (Å²) in [5.41, 5.74) is 0.675. The molecule has 1 aliphatic heterocycles. The van der Waals surface area contributed by atoms with Crippen LogP contribution in [0.1, 0.15) is 36.0 Å². The van der Waals surface area contributed by atoms with Crippen molar-refractivity contribution in [1.29, 1.82) is 0 Å². The minimum Gasteiger partial charge on any atom is -0.359 e. The number of aromatic amines is 1. The van der Waals surface area contributed by atoms with Gasteiger partial charge in [-0.25, -0.2) is 4.39 Å². The third-order valence-corrected chi connectivity index (χ3v) is 4.98. The molecule has 110 valence electrons. The van der Waals surface area contributed by atoms with Gasteiger partial charge in [-0.3, -0.25) is 4.79 Å². The summed E-state index contributed by atoms with van der Waals surface area (Å²) in [4.78, 5) is 15.9. The number of fused-ring (bicyclic) bond motifs is 1. The quantitative estimate of drug-likeness (QED) is 0.847. The van der Waals surface area contributed by atoms with Crippen LogP contribution in [0.3, 0.4) is 0 Å². The van der Waals surface area contributed by atoms with Crippen molar-refractivity contribution in [2.75, 3.05) is 13.1 Å². The molecular formula is C17H19FN2O. The Bertz CT molecular complexity index is 696. The van der Waals surface area contributed by atoms with Gasteiger partial charge in [0.2, 0.25) is 0 Å². The van der Waals surface area contributed by atoms with Crippen molar-refractivity contribution in [2.45, 2.75) is 25.7 Å². The van der Waals surface area contributed by atoms with Crippen LogP contribution < -0.4 is 5.32 Å². The molecule has 2 aromatic rings. The number of halogens is 1. The second-order valence-corrected chi connectivity index (χ2v) is 6.58. The Kier molecular flexibility index (Phi) is 2.89. The fraction of sp³-hybridized carbons (Fsp3) is 0.471. The minimum atomic E-state index is -0.339. The maximum absolute atomic E-state index is 14.1. The standard InChI is InChI=1S/C17H19FN2O/c18-14-8-13(7-12-3-5-20-15(12)14)16(21)17(4-6-19-10-17)9-11-1-2-11/h3,5,7-8,11,19-20H,1-2,4,6,9-10H2. The molecule has 3 nitrogen and oxygen atoms in total. The van der Waals surface area contributed by atoms with Gasteiger partial charge in [0.15, 0.2) is 5.78 Å². The zero-order valence-electron chi connectivity index (χ0n) is 11.9. The molecule has 2 aliphatic rings. The van der Waals surface area contributed by atoms with E-state index in [4.69, 9.17) is 0 Å². The van der Waals surface area contributed by atoms with E-state index in [-0.39, 0.29) is 17.0 Å². The number of carbonyl (C=O) groups is 1. The van der Waals surface area contributed by atoms with Crippen molar-refractivity contribution in [2.24, 2.45) is 11.3 Å². The van der Waals surface area contributed by atoms with Gasteiger partial charge in [0.25, 0.3) is 0 Å². The Morgan fingerprint density at radius 3 is 2.95 bits per heavy atom. The molecule has 1 aromatic heterocycles. The zero-order valence-corrected chi connectivity index (χ0v) is 11.9. The van der Waals surface area contributed by atoms with Gasteiger partial charge >= 0.3 is 0 Å². The summed E-state index contributed by atoms with van der Waals surface area (Å²) in [5.74, 6) is 0.462. The molecule has 1 unspecified atom stereocenters. The molecule has 2 N–H and O–H groups in total. The molecule has 21 heavy (non-hydrogen) atoms. The van der Waals surface area contributed by atoms with Crippen molar-refractivity contribution < 1.29 is 9.18 Å². The maximum Gasteiger partial charge on any atom is 0.170 e. The van der Waals surface area contributed by atoms with Crippen molar-refractivity contribution in [1.82, 2.24) is 10.3 Å². The van der Waals surface area contributed by atoms with Crippen LogP contribution in [-0.4, -0.2) is 23.9 Å². The molecule has 2 fully saturated rings. The number of rotatable bonds is 4. The molecule has 0 amide bonds. The second kappa shape index (κ2) is 4.67. The van der Waals surface area contributed by atoms with E-state index < -0.39 is 0 Å². The number of ketones is 1. The van der Waals surface area contributed by atoms with Crippen LogP contribution in [0.2, 0.25) is 0 Å². The smallest absolute Gasteiger partial charge is 0.170 e. The van der Waals surface area contributed by atoms with E-state index in [0.717, 1.165) is 31.3 Å². The number of Topliss-reactive ketones (excluding diaryl/α,β-unsaturated/α-hetero) is 1. The lowest BCUT2D eigenvalue weighted by Crippen LogP contribution is -2.34. The van der Waals surface area contributed by atoms with E-state index in [0.29, 0.717) is 17.0 Å². The highest BCUT2D eigenvalue weighted by molar-refractivity contribution is 6.03. The molecule has 1 atom stereocenters. The molecular weight excluding hydrogens is 267 g/mol. The minimum absolute atomic E-state index is 0.112. The average Bonchev–Trinajstić information content (AvgIpc) is 2.97. The number of H-pyrrole nitrogens is 1. The summed E-state index contributed by atoms with van der Waals surface area (Å²) in [5, 5.41) is 4.09. The first-order chi connectivity index (χ1) is 10.2. The summed E-state index contributed by atoms with van der Waals surface area (Å²) in [6, 6.07) is 5.04. The number of hydrogen-bond donors (Lipinski definition) is 2. The van der Waals surface area contributed by atoms with Crippen LogP contribution in [0, 0.1) is 17.2 Å². The first-order valence-corrected chi connectivity index (χ1v) is 7.70. The largest absolute Gasteiger partial charge is 0.359 e. The average molecular weight is 286 g/mol.